The Hall–Kier alpha value is -1.06. The zero-order chi connectivity index (χ0) is 12.3. The second kappa shape index (κ2) is 5.52. The van der Waals surface area contributed by atoms with E-state index in [0.29, 0.717) is 11.6 Å². The quantitative estimate of drug-likeness (QED) is 0.901. The predicted octanol–water partition coefficient (Wildman–Crippen LogP) is 2.78. The van der Waals surface area contributed by atoms with Crippen LogP contribution in [0.25, 0.3) is 0 Å². The van der Waals surface area contributed by atoms with Crippen LogP contribution in [0.2, 0.25) is 5.02 Å². The maximum absolute atomic E-state index is 11.2. The Kier molecular flexibility index (Phi) is 4.02. The number of likely N-dealkylation sites (tertiary alicyclic amines) is 1. The molecule has 1 saturated heterocycles. The van der Waals surface area contributed by atoms with Gasteiger partial charge in [0.1, 0.15) is 6.04 Å². The third-order valence-corrected chi connectivity index (χ3v) is 3.41. The number of halogens is 1. The molecule has 0 aliphatic carbocycles. The summed E-state index contributed by atoms with van der Waals surface area (Å²) in [5, 5.41) is 9.87. The fourth-order valence-electron chi connectivity index (χ4n) is 2.33. The molecule has 17 heavy (non-hydrogen) atoms. The largest absolute Gasteiger partial charge is 0.480 e. The lowest BCUT2D eigenvalue weighted by Crippen LogP contribution is -2.43. The molecule has 1 heterocycles. The van der Waals surface area contributed by atoms with Crippen molar-refractivity contribution in [2.24, 2.45) is 0 Å². The summed E-state index contributed by atoms with van der Waals surface area (Å²) in [6.07, 6.45) is 2.82. The van der Waals surface area contributed by atoms with E-state index >= 15 is 0 Å². The van der Waals surface area contributed by atoms with E-state index in [1.165, 1.54) is 0 Å². The number of nitrogens with zero attached hydrogens (tertiary/aromatic N) is 1. The van der Waals surface area contributed by atoms with Crippen molar-refractivity contribution in [1.82, 2.24) is 4.90 Å². The van der Waals surface area contributed by atoms with Gasteiger partial charge in [-0.3, -0.25) is 9.69 Å². The highest BCUT2D eigenvalue weighted by atomic mass is 35.5. The Morgan fingerprint density at radius 3 is 3.00 bits per heavy atom. The number of rotatable bonds is 3. The molecule has 0 amide bonds. The summed E-state index contributed by atoms with van der Waals surface area (Å²) in [6, 6.07) is 7.27. The van der Waals surface area contributed by atoms with Crippen molar-refractivity contribution in [3.63, 3.8) is 0 Å². The molecule has 1 aromatic rings. The minimum atomic E-state index is -0.716. The Morgan fingerprint density at radius 2 is 2.29 bits per heavy atom. The monoisotopic (exact) mass is 253 g/mol. The number of hydrogen-bond acceptors (Lipinski definition) is 2. The van der Waals surface area contributed by atoms with Gasteiger partial charge in [0.25, 0.3) is 0 Å². The van der Waals surface area contributed by atoms with E-state index in [1.807, 2.05) is 29.2 Å². The number of carboxylic acids is 1. The van der Waals surface area contributed by atoms with E-state index in [1.54, 1.807) is 0 Å². The first-order valence-corrected chi connectivity index (χ1v) is 6.26. The minimum Gasteiger partial charge on any atom is -0.480 e. The van der Waals surface area contributed by atoms with Crippen molar-refractivity contribution >= 4 is 17.6 Å². The summed E-state index contributed by atoms with van der Waals surface area (Å²) in [5.41, 5.74) is 1.07. The average Bonchev–Trinajstić information content (AvgIpc) is 2.29. The Bertz CT molecular complexity index is 408. The molecule has 0 unspecified atom stereocenters. The van der Waals surface area contributed by atoms with Crippen molar-refractivity contribution in [3.05, 3.63) is 34.9 Å². The van der Waals surface area contributed by atoms with Crippen molar-refractivity contribution in [2.45, 2.75) is 31.8 Å². The van der Waals surface area contributed by atoms with Crippen LogP contribution in [-0.2, 0) is 11.3 Å². The van der Waals surface area contributed by atoms with Crippen LogP contribution in [0.3, 0.4) is 0 Å². The highest BCUT2D eigenvalue weighted by molar-refractivity contribution is 6.30. The number of benzene rings is 1. The maximum Gasteiger partial charge on any atom is 0.320 e. The van der Waals surface area contributed by atoms with Crippen LogP contribution < -0.4 is 0 Å². The van der Waals surface area contributed by atoms with Gasteiger partial charge >= 0.3 is 5.97 Å². The van der Waals surface area contributed by atoms with Gasteiger partial charge in [-0.05, 0) is 37.1 Å². The molecular formula is C13H16ClNO2. The van der Waals surface area contributed by atoms with Gasteiger partial charge in [-0.1, -0.05) is 30.2 Å². The molecule has 1 atom stereocenters. The summed E-state index contributed by atoms with van der Waals surface area (Å²) >= 11 is 5.93. The molecule has 4 heteroatoms. The molecule has 0 saturated carbocycles. The second-order valence-electron chi connectivity index (χ2n) is 4.45. The molecule has 1 aliphatic rings. The molecule has 0 spiro atoms. The van der Waals surface area contributed by atoms with E-state index in [9.17, 15) is 9.90 Å². The number of carboxylic acid groups (broad SMARTS) is 1. The van der Waals surface area contributed by atoms with Gasteiger partial charge < -0.3 is 5.11 Å². The summed E-state index contributed by atoms with van der Waals surface area (Å²) in [7, 11) is 0. The molecule has 0 radical (unpaired) electrons. The lowest BCUT2D eigenvalue weighted by Gasteiger charge is -2.32. The topological polar surface area (TPSA) is 40.5 Å². The number of hydrogen-bond donors (Lipinski definition) is 1. The molecule has 92 valence electrons. The number of aliphatic carboxylic acids is 1. The van der Waals surface area contributed by atoms with Crippen molar-refractivity contribution in [3.8, 4) is 0 Å². The molecule has 1 fully saturated rings. The Balaban J connectivity index is 2.08. The first kappa shape index (κ1) is 12.4. The van der Waals surface area contributed by atoms with E-state index < -0.39 is 5.97 Å². The standard InChI is InChI=1S/C13H16ClNO2/c14-11-5-3-4-10(8-11)9-15-7-2-1-6-12(15)13(16)17/h3-5,8,12H,1-2,6-7,9H2,(H,16,17)/t12-/m1/s1. The van der Waals surface area contributed by atoms with Crippen LogP contribution in [0, 0.1) is 0 Å². The van der Waals surface area contributed by atoms with Gasteiger partial charge in [0.15, 0.2) is 0 Å². The summed E-state index contributed by atoms with van der Waals surface area (Å²) < 4.78 is 0. The number of piperidine rings is 1. The molecule has 2 rings (SSSR count). The fraction of sp³-hybridized carbons (Fsp3) is 0.462. The lowest BCUT2D eigenvalue weighted by atomic mass is 10.0. The van der Waals surface area contributed by atoms with Crippen LogP contribution in [0.1, 0.15) is 24.8 Å². The average molecular weight is 254 g/mol. The zero-order valence-corrected chi connectivity index (χ0v) is 10.4. The number of carbonyl (C=O) groups is 1. The molecule has 0 aromatic heterocycles. The highest BCUT2D eigenvalue weighted by Gasteiger charge is 2.28. The first-order chi connectivity index (χ1) is 8.16. The van der Waals surface area contributed by atoms with Crippen LogP contribution in [0.5, 0.6) is 0 Å². The van der Waals surface area contributed by atoms with Crippen LogP contribution >= 0.6 is 11.6 Å². The SMILES string of the molecule is O=C(O)[C@H]1CCCCN1Cc1cccc(Cl)c1. The van der Waals surface area contributed by atoms with Crippen molar-refractivity contribution in [2.75, 3.05) is 6.54 Å². The van der Waals surface area contributed by atoms with Gasteiger partial charge in [-0.15, -0.1) is 0 Å². The van der Waals surface area contributed by atoms with Gasteiger partial charge in [0.2, 0.25) is 0 Å². The van der Waals surface area contributed by atoms with Gasteiger partial charge in [0.05, 0.1) is 0 Å². The van der Waals surface area contributed by atoms with Crippen LogP contribution in [0.4, 0.5) is 0 Å². The van der Waals surface area contributed by atoms with Crippen molar-refractivity contribution < 1.29 is 9.90 Å². The predicted molar refractivity (Wildman–Crippen MR) is 67.1 cm³/mol. The third-order valence-electron chi connectivity index (χ3n) is 3.17. The van der Waals surface area contributed by atoms with Crippen LogP contribution in [-0.4, -0.2) is 28.6 Å². The van der Waals surface area contributed by atoms with E-state index in [2.05, 4.69) is 0 Å². The second-order valence-corrected chi connectivity index (χ2v) is 4.89. The molecule has 3 nitrogen and oxygen atoms in total. The Labute approximate surface area is 106 Å². The molecular weight excluding hydrogens is 238 g/mol. The fourth-order valence-corrected chi connectivity index (χ4v) is 2.54. The minimum absolute atomic E-state index is 0.345. The smallest absolute Gasteiger partial charge is 0.320 e. The third kappa shape index (κ3) is 3.20. The first-order valence-electron chi connectivity index (χ1n) is 5.88. The maximum atomic E-state index is 11.2. The lowest BCUT2D eigenvalue weighted by molar-refractivity contribution is -0.144. The molecule has 1 aliphatic heterocycles. The molecule has 1 N–H and O–H groups in total. The molecule has 1 aromatic carbocycles. The van der Waals surface area contributed by atoms with Gasteiger partial charge in [-0.25, -0.2) is 0 Å². The van der Waals surface area contributed by atoms with Crippen LogP contribution in [0.15, 0.2) is 24.3 Å². The summed E-state index contributed by atoms with van der Waals surface area (Å²) in [4.78, 5) is 13.2. The van der Waals surface area contributed by atoms with Gasteiger partial charge in [-0.2, -0.15) is 0 Å². The van der Waals surface area contributed by atoms with Crippen molar-refractivity contribution in [1.29, 1.82) is 0 Å². The highest BCUT2D eigenvalue weighted by Crippen LogP contribution is 2.21. The summed E-state index contributed by atoms with van der Waals surface area (Å²) in [5.74, 6) is -0.716. The van der Waals surface area contributed by atoms with E-state index in [0.717, 1.165) is 31.4 Å². The molecule has 0 bridgehead atoms. The zero-order valence-electron chi connectivity index (χ0n) is 9.60. The summed E-state index contributed by atoms with van der Waals surface area (Å²) in [6.45, 7) is 1.51. The normalized spacial score (nSPS) is 21.4. The van der Waals surface area contributed by atoms with E-state index in [-0.39, 0.29) is 6.04 Å². The Morgan fingerprint density at radius 1 is 1.47 bits per heavy atom. The van der Waals surface area contributed by atoms with Gasteiger partial charge in [0, 0.05) is 11.6 Å². The van der Waals surface area contributed by atoms with E-state index in [4.69, 9.17) is 11.6 Å².